The molecule has 16 heavy (non-hydrogen) atoms. The number of rotatable bonds is 6. The van der Waals surface area contributed by atoms with Crippen LogP contribution in [0.25, 0.3) is 0 Å². The molecule has 92 valence electrons. The first-order chi connectivity index (χ1) is 7.29. The third kappa shape index (κ3) is 5.32. The largest absolute Gasteiger partial charge is 0.472 e. The second kappa shape index (κ2) is 5.01. The van der Waals surface area contributed by atoms with Gasteiger partial charge in [-0.2, -0.15) is 0 Å². The maximum Gasteiger partial charge on any atom is 0.147 e. The lowest BCUT2D eigenvalue weighted by molar-refractivity contribution is 0.374. The van der Waals surface area contributed by atoms with Crippen LogP contribution in [0.1, 0.15) is 25.8 Å². The summed E-state index contributed by atoms with van der Waals surface area (Å²) in [5.74, 6) is 0.207. The van der Waals surface area contributed by atoms with E-state index in [9.17, 15) is 8.42 Å². The monoisotopic (exact) mass is 245 g/mol. The highest BCUT2D eigenvalue weighted by Gasteiger charge is 2.19. The molecule has 0 fully saturated rings. The molecule has 0 saturated heterocycles. The summed E-state index contributed by atoms with van der Waals surface area (Å²) in [5.41, 5.74) is 0.868. The zero-order valence-electron chi connectivity index (χ0n) is 9.99. The smallest absolute Gasteiger partial charge is 0.147 e. The molecule has 0 spiro atoms. The van der Waals surface area contributed by atoms with Crippen LogP contribution in [0.3, 0.4) is 0 Å². The molecule has 5 heteroatoms. The number of hydrogen-bond donors (Lipinski definition) is 1. The van der Waals surface area contributed by atoms with Gasteiger partial charge in [-0.15, -0.1) is 0 Å². The first kappa shape index (κ1) is 13.3. The van der Waals surface area contributed by atoms with Crippen molar-refractivity contribution in [3.8, 4) is 0 Å². The second-order valence-electron chi connectivity index (χ2n) is 4.75. The average molecular weight is 245 g/mol. The Balaban J connectivity index is 2.39. The van der Waals surface area contributed by atoms with E-state index < -0.39 is 9.84 Å². The Morgan fingerprint density at radius 3 is 2.62 bits per heavy atom. The second-order valence-corrected chi connectivity index (χ2v) is 7.01. The first-order valence-corrected chi connectivity index (χ1v) is 7.28. The fourth-order valence-corrected chi connectivity index (χ4v) is 2.14. The number of furan rings is 1. The molecule has 1 N–H and O–H groups in total. The van der Waals surface area contributed by atoms with Crippen molar-refractivity contribution < 1.29 is 12.8 Å². The molecule has 0 radical (unpaired) electrons. The third-order valence-electron chi connectivity index (χ3n) is 2.45. The molecule has 0 unspecified atom stereocenters. The minimum atomic E-state index is -2.89. The minimum absolute atomic E-state index is 0.194. The molecule has 0 amide bonds. The van der Waals surface area contributed by atoms with Crippen LogP contribution in [-0.4, -0.2) is 26.0 Å². The van der Waals surface area contributed by atoms with Crippen LogP contribution in [0, 0.1) is 0 Å². The topological polar surface area (TPSA) is 59.3 Å². The first-order valence-electron chi connectivity index (χ1n) is 5.22. The lowest BCUT2D eigenvalue weighted by atomic mass is 10.0. The molecule has 1 heterocycles. The van der Waals surface area contributed by atoms with E-state index in [-0.39, 0.29) is 11.3 Å². The summed E-state index contributed by atoms with van der Waals surface area (Å²) in [7, 11) is -2.89. The molecule has 0 aliphatic heterocycles. The highest BCUT2D eigenvalue weighted by atomic mass is 32.2. The van der Waals surface area contributed by atoms with Gasteiger partial charge in [0.05, 0.1) is 18.3 Å². The molecule has 4 nitrogen and oxygen atoms in total. The molecule has 0 saturated carbocycles. The fraction of sp³-hybridized carbons (Fsp3) is 0.636. The van der Waals surface area contributed by atoms with Crippen LogP contribution in [0.15, 0.2) is 23.0 Å². The van der Waals surface area contributed by atoms with Gasteiger partial charge in [0.1, 0.15) is 9.84 Å². The standard InChI is InChI=1S/C11H19NO3S/c1-11(2,5-7-16(3,13)14)12-8-10-4-6-15-9-10/h4,6,9,12H,5,7-8H2,1-3H3. The van der Waals surface area contributed by atoms with Crippen molar-refractivity contribution in [2.75, 3.05) is 12.0 Å². The van der Waals surface area contributed by atoms with Gasteiger partial charge in [0.2, 0.25) is 0 Å². The Morgan fingerprint density at radius 1 is 1.44 bits per heavy atom. The van der Waals surface area contributed by atoms with Gasteiger partial charge in [0.15, 0.2) is 0 Å². The van der Waals surface area contributed by atoms with Gasteiger partial charge in [0.25, 0.3) is 0 Å². The molecule has 0 bridgehead atoms. The van der Waals surface area contributed by atoms with Crippen LogP contribution in [-0.2, 0) is 16.4 Å². The van der Waals surface area contributed by atoms with Crippen molar-refractivity contribution in [3.05, 3.63) is 24.2 Å². The molecular formula is C11H19NO3S. The molecule has 0 atom stereocenters. The van der Waals surface area contributed by atoms with Gasteiger partial charge < -0.3 is 9.73 Å². The van der Waals surface area contributed by atoms with Crippen LogP contribution in [0.2, 0.25) is 0 Å². The predicted molar refractivity (Wildman–Crippen MR) is 64.0 cm³/mol. The maximum atomic E-state index is 11.1. The van der Waals surface area contributed by atoms with E-state index in [0.717, 1.165) is 5.56 Å². The summed E-state index contributed by atoms with van der Waals surface area (Å²) in [6.07, 6.45) is 5.17. The van der Waals surface area contributed by atoms with Gasteiger partial charge in [-0.05, 0) is 26.3 Å². The van der Waals surface area contributed by atoms with E-state index in [4.69, 9.17) is 4.42 Å². The van der Waals surface area contributed by atoms with Gasteiger partial charge in [-0.3, -0.25) is 0 Å². The Hall–Kier alpha value is -0.810. The normalized spacial score (nSPS) is 12.9. The van der Waals surface area contributed by atoms with Gasteiger partial charge >= 0.3 is 0 Å². The summed E-state index contributed by atoms with van der Waals surface area (Å²) < 4.78 is 27.1. The van der Waals surface area contributed by atoms with E-state index in [1.54, 1.807) is 12.5 Å². The summed E-state index contributed by atoms with van der Waals surface area (Å²) in [5, 5.41) is 3.31. The van der Waals surface area contributed by atoms with E-state index in [1.807, 2.05) is 19.9 Å². The van der Waals surface area contributed by atoms with Crippen molar-refractivity contribution in [2.45, 2.75) is 32.4 Å². The number of hydrogen-bond acceptors (Lipinski definition) is 4. The molecule has 0 aromatic carbocycles. The van der Waals surface area contributed by atoms with E-state index in [1.165, 1.54) is 6.26 Å². The van der Waals surface area contributed by atoms with Crippen LogP contribution >= 0.6 is 0 Å². The summed E-state index contributed by atoms with van der Waals surface area (Å²) >= 11 is 0. The highest BCUT2D eigenvalue weighted by Crippen LogP contribution is 2.11. The Labute approximate surface area is 97.0 Å². The molecular weight excluding hydrogens is 226 g/mol. The summed E-state index contributed by atoms with van der Waals surface area (Å²) in [6, 6.07) is 1.89. The lowest BCUT2D eigenvalue weighted by Gasteiger charge is -2.25. The van der Waals surface area contributed by atoms with Crippen molar-refractivity contribution in [1.82, 2.24) is 5.32 Å². The molecule has 1 aromatic heterocycles. The van der Waals surface area contributed by atoms with Crippen LogP contribution < -0.4 is 5.32 Å². The summed E-state index contributed by atoms with van der Waals surface area (Å²) in [6.45, 7) is 4.68. The van der Waals surface area contributed by atoms with Crippen molar-refractivity contribution in [2.24, 2.45) is 0 Å². The predicted octanol–water partition coefficient (Wildman–Crippen LogP) is 1.58. The van der Waals surface area contributed by atoms with Crippen molar-refractivity contribution in [1.29, 1.82) is 0 Å². The number of sulfone groups is 1. The zero-order chi connectivity index (χ0) is 12.2. The van der Waals surface area contributed by atoms with E-state index in [0.29, 0.717) is 13.0 Å². The zero-order valence-corrected chi connectivity index (χ0v) is 10.8. The van der Waals surface area contributed by atoms with E-state index >= 15 is 0 Å². The van der Waals surface area contributed by atoms with Gasteiger partial charge in [-0.25, -0.2) is 8.42 Å². The average Bonchev–Trinajstić information content (AvgIpc) is 2.64. The quantitative estimate of drug-likeness (QED) is 0.826. The molecule has 1 aromatic rings. The highest BCUT2D eigenvalue weighted by molar-refractivity contribution is 7.90. The Morgan fingerprint density at radius 2 is 2.12 bits per heavy atom. The van der Waals surface area contributed by atoms with Crippen LogP contribution in [0.4, 0.5) is 0 Å². The minimum Gasteiger partial charge on any atom is -0.472 e. The van der Waals surface area contributed by atoms with Crippen molar-refractivity contribution >= 4 is 9.84 Å². The maximum absolute atomic E-state index is 11.1. The molecule has 1 rings (SSSR count). The van der Waals surface area contributed by atoms with Gasteiger partial charge in [-0.1, -0.05) is 0 Å². The lowest BCUT2D eigenvalue weighted by Crippen LogP contribution is -2.40. The fourth-order valence-electron chi connectivity index (χ4n) is 1.26. The van der Waals surface area contributed by atoms with Gasteiger partial charge in [0, 0.05) is 23.9 Å². The SMILES string of the molecule is CC(C)(CCS(C)(=O)=O)NCc1ccoc1. The van der Waals surface area contributed by atoms with Crippen LogP contribution in [0.5, 0.6) is 0 Å². The third-order valence-corrected chi connectivity index (χ3v) is 3.39. The van der Waals surface area contributed by atoms with Crippen molar-refractivity contribution in [3.63, 3.8) is 0 Å². The number of nitrogens with one attached hydrogen (secondary N) is 1. The summed E-state index contributed by atoms with van der Waals surface area (Å²) in [4.78, 5) is 0. The Kier molecular flexibility index (Phi) is 4.15. The van der Waals surface area contributed by atoms with E-state index in [2.05, 4.69) is 5.32 Å². The Bertz CT molecular complexity index is 406. The molecule has 0 aliphatic rings. The molecule has 0 aliphatic carbocycles.